The number of halogens is 3. The second-order valence-corrected chi connectivity index (χ2v) is 10.6. The van der Waals surface area contributed by atoms with Crippen LogP contribution >= 0.6 is 11.8 Å². The molecule has 216 valence electrons. The van der Waals surface area contributed by atoms with Crippen LogP contribution in [0.2, 0.25) is 0 Å². The second-order valence-electron chi connectivity index (χ2n) is 9.52. The number of carbonyl (C=O) groups is 2. The average Bonchev–Trinajstić information content (AvgIpc) is 3.43. The van der Waals surface area contributed by atoms with Crippen molar-refractivity contribution in [2.24, 2.45) is 0 Å². The SMILES string of the molecule is CCN1CCN(c2cc(C(=O)Nc3ccc(C)c(NC(=O)C4(NCCO)NC=CS4)c3)cc(C(F)(F)F)c2)CC1. The van der Waals surface area contributed by atoms with E-state index in [1.165, 1.54) is 17.8 Å². The normalized spacial score (nSPS) is 19.4. The number of hydrogen-bond donors (Lipinski definition) is 5. The molecule has 4 rings (SSSR count). The Hall–Kier alpha value is -3.26. The van der Waals surface area contributed by atoms with Gasteiger partial charge in [0.2, 0.25) is 4.99 Å². The van der Waals surface area contributed by atoms with Crippen LogP contribution in [0.4, 0.5) is 30.2 Å². The Morgan fingerprint density at radius 3 is 2.48 bits per heavy atom. The van der Waals surface area contributed by atoms with E-state index in [-0.39, 0.29) is 18.7 Å². The number of carbonyl (C=O) groups excluding carboxylic acids is 2. The van der Waals surface area contributed by atoms with E-state index < -0.39 is 28.5 Å². The zero-order valence-corrected chi connectivity index (χ0v) is 23.1. The largest absolute Gasteiger partial charge is 0.416 e. The van der Waals surface area contributed by atoms with Crippen LogP contribution in [0.5, 0.6) is 0 Å². The number of piperazine rings is 1. The van der Waals surface area contributed by atoms with Gasteiger partial charge in [0, 0.05) is 61.5 Å². The third-order valence-electron chi connectivity index (χ3n) is 6.84. The van der Waals surface area contributed by atoms with E-state index in [2.05, 4.69) is 26.2 Å². The highest BCUT2D eigenvalue weighted by Gasteiger charge is 2.40. The van der Waals surface area contributed by atoms with E-state index in [1.54, 1.807) is 36.7 Å². The molecule has 13 heteroatoms. The predicted molar refractivity (Wildman–Crippen MR) is 151 cm³/mol. The number of alkyl halides is 3. The molecule has 0 saturated carbocycles. The molecule has 0 aliphatic carbocycles. The quantitative estimate of drug-likeness (QED) is 0.308. The third kappa shape index (κ3) is 6.89. The lowest BCUT2D eigenvalue weighted by Gasteiger charge is -2.36. The molecule has 2 aliphatic heterocycles. The van der Waals surface area contributed by atoms with Gasteiger partial charge in [-0.15, -0.1) is 0 Å². The Morgan fingerprint density at radius 1 is 1.10 bits per heavy atom. The maximum atomic E-state index is 13.7. The summed E-state index contributed by atoms with van der Waals surface area (Å²) in [5.74, 6) is -1.12. The molecule has 0 spiro atoms. The minimum Gasteiger partial charge on any atom is -0.395 e. The van der Waals surface area contributed by atoms with Crippen LogP contribution < -0.4 is 26.2 Å². The molecular weight excluding hydrogens is 545 g/mol. The predicted octanol–water partition coefficient (Wildman–Crippen LogP) is 3.39. The summed E-state index contributed by atoms with van der Waals surface area (Å²) >= 11 is 1.20. The number of rotatable bonds is 9. The molecule has 2 heterocycles. The topological polar surface area (TPSA) is 109 Å². The molecule has 2 aliphatic rings. The number of aliphatic hydroxyl groups excluding tert-OH is 1. The van der Waals surface area contributed by atoms with E-state index in [4.69, 9.17) is 0 Å². The van der Waals surface area contributed by atoms with Gasteiger partial charge in [0.15, 0.2) is 0 Å². The standard InChI is InChI=1S/C27H33F3N6O3S/c1-3-35-8-10-36(11-9-35)22-15-19(14-20(16-22)26(28,29)30)24(38)33-21-5-4-18(2)23(17-21)34-25(39)27(31-6-12-37)32-7-13-40-27/h4-5,7,13-17,31-32,37H,3,6,8-12H2,1-2H3,(H,33,38)(H,34,39). The maximum absolute atomic E-state index is 13.7. The van der Waals surface area contributed by atoms with Crippen molar-refractivity contribution in [2.45, 2.75) is 25.0 Å². The van der Waals surface area contributed by atoms with Gasteiger partial charge in [0.05, 0.1) is 12.2 Å². The summed E-state index contributed by atoms with van der Waals surface area (Å²) in [6.45, 7) is 7.29. The van der Waals surface area contributed by atoms with E-state index in [9.17, 15) is 27.9 Å². The van der Waals surface area contributed by atoms with Crippen molar-refractivity contribution in [3.8, 4) is 0 Å². The van der Waals surface area contributed by atoms with Gasteiger partial charge in [-0.3, -0.25) is 14.9 Å². The van der Waals surface area contributed by atoms with E-state index >= 15 is 0 Å². The molecule has 2 aromatic carbocycles. The van der Waals surface area contributed by atoms with Crippen LogP contribution in [0.1, 0.15) is 28.4 Å². The summed E-state index contributed by atoms with van der Waals surface area (Å²) in [5.41, 5.74) is 0.792. The zero-order chi connectivity index (χ0) is 28.9. The highest BCUT2D eigenvalue weighted by Crippen LogP contribution is 2.34. The van der Waals surface area contributed by atoms with Crippen molar-refractivity contribution in [3.63, 3.8) is 0 Å². The Morgan fingerprint density at radius 2 is 1.85 bits per heavy atom. The molecule has 1 atom stereocenters. The van der Waals surface area contributed by atoms with E-state index in [0.29, 0.717) is 35.7 Å². The lowest BCUT2D eigenvalue weighted by Crippen LogP contribution is -2.59. The molecule has 0 bridgehead atoms. The fourth-order valence-electron chi connectivity index (χ4n) is 4.50. The first kappa shape index (κ1) is 29.7. The molecule has 2 aromatic rings. The molecule has 9 nitrogen and oxygen atoms in total. The first-order chi connectivity index (χ1) is 19.0. The van der Waals surface area contributed by atoms with Crippen LogP contribution in [0.15, 0.2) is 48.0 Å². The van der Waals surface area contributed by atoms with E-state index in [1.807, 2.05) is 11.8 Å². The molecule has 40 heavy (non-hydrogen) atoms. The Balaban J connectivity index is 1.54. The minimum absolute atomic E-state index is 0.112. The zero-order valence-electron chi connectivity index (χ0n) is 22.3. The van der Waals surface area contributed by atoms with Crippen LogP contribution in [0.3, 0.4) is 0 Å². The number of thioether (sulfide) groups is 1. The number of likely N-dealkylation sites (N-methyl/N-ethyl adjacent to an activating group) is 1. The van der Waals surface area contributed by atoms with Crippen molar-refractivity contribution in [1.82, 2.24) is 15.5 Å². The number of anilines is 3. The van der Waals surface area contributed by atoms with Gasteiger partial charge in [-0.1, -0.05) is 24.8 Å². The smallest absolute Gasteiger partial charge is 0.395 e. The first-order valence-electron chi connectivity index (χ1n) is 12.9. The molecular formula is C27H33F3N6O3S. The van der Waals surface area contributed by atoms with Crippen molar-refractivity contribution < 1.29 is 27.9 Å². The number of nitrogens with zero attached hydrogens (tertiary/aromatic N) is 2. The average molecular weight is 579 g/mol. The van der Waals surface area contributed by atoms with Crippen molar-refractivity contribution in [1.29, 1.82) is 0 Å². The number of amides is 2. The van der Waals surface area contributed by atoms with Crippen LogP contribution in [0, 0.1) is 6.92 Å². The molecule has 0 radical (unpaired) electrons. The molecule has 1 unspecified atom stereocenters. The number of benzene rings is 2. The summed E-state index contributed by atoms with van der Waals surface area (Å²) in [7, 11) is 0. The molecule has 2 amide bonds. The third-order valence-corrected chi connectivity index (χ3v) is 7.91. The van der Waals surface area contributed by atoms with Gasteiger partial charge in [-0.25, -0.2) is 0 Å². The Bertz CT molecular complexity index is 1260. The summed E-state index contributed by atoms with van der Waals surface area (Å²) in [6, 6.07) is 8.28. The fourth-order valence-corrected chi connectivity index (χ4v) is 5.32. The summed E-state index contributed by atoms with van der Waals surface area (Å²) < 4.78 is 41.2. The number of hydrogen-bond acceptors (Lipinski definition) is 8. The number of aliphatic hydroxyl groups is 1. The van der Waals surface area contributed by atoms with Gasteiger partial charge in [-0.2, -0.15) is 13.2 Å². The number of aryl methyl sites for hydroxylation is 1. The second kappa shape index (κ2) is 12.5. The first-order valence-corrected chi connectivity index (χ1v) is 13.8. The highest BCUT2D eigenvalue weighted by atomic mass is 32.2. The summed E-state index contributed by atoms with van der Waals surface area (Å²) in [6.07, 6.45) is -3.00. The summed E-state index contributed by atoms with van der Waals surface area (Å²) in [4.78, 5) is 29.2. The molecule has 1 saturated heterocycles. The van der Waals surface area contributed by atoms with E-state index in [0.717, 1.165) is 31.8 Å². The monoisotopic (exact) mass is 578 g/mol. The van der Waals surface area contributed by atoms with Crippen LogP contribution in [0.25, 0.3) is 0 Å². The molecule has 5 N–H and O–H groups in total. The Labute approximate surface area is 235 Å². The number of nitrogens with one attached hydrogen (secondary N) is 4. The minimum atomic E-state index is -4.61. The van der Waals surface area contributed by atoms with Crippen molar-refractivity contribution in [3.05, 3.63) is 64.7 Å². The van der Waals surface area contributed by atoms with Gasteiger partial charge in [-0.05, 0) is 54.8 Å². The molecule has 0 aromatic heterocycles. The van der Waals surface area contributed by atoms with Gasteiger partial charge >= 0.3 is 6.18 Å². The highest BCUT2D eigenvalue weighted by molar-refractivity contribution is 8.04. The van der Waals surface area contributed by atoms with Crippen LogP contribution in [-0.2, 0) is 11.0 Å². The van der Waals surface area contributed by atoms with Crippen LogP contribution in [-0.4, -0.2) is 72.7 Å². The van der Waals surface area contributed by atoms with Crippen molar-refractivity contribution >= 4 is 40.6 Å². The fraction of sp³-hybridized carbons (Fsp3) is 0.407. The van der Waals surface area contributed by atoms with Gasteiger partial charge in [0.25, 0.3) is 11.8 Å². The Kier molecular flexibility index (Phi) is 9.29. The summed E-state index contributed by atoms with van der Waals surface area (Å²) in [5, 5.41) is 22.3. The lowest BCUT2D eigenvalue weighted by molar-refractivity contribution is -0.137. The van der Waals surface area contributed by atoms with Gasteiger partial charge < -0.3 is 30.9 Å². The lowest BCUT2D eigenvalue weighted by atomic mass is 10.1. The maximum Gasteiger partial charge on any atom is 0.416 e. The van der Waals surface area contributed by atoms with Crippen molar-refractivity contribution in [2.75, 3.05) is 61.4 Å². The van der Waals surface area contributed by atoms with Gasteiger partial charge in [0.1, 0.15) is 0 Å². The molecule has 1 fully saturated rings.